The third-order valence-corrected chi connectivity index (χ3v) is 0.362. The van der Waals surface area contributed by atoms with Crippen molar-refractivity contribution in [2.24, 2.45) is 0 Å². The molecule has 0 bridgehead atoms. The SMILES string of the molecule is [Tb].[c-]1ncc[nH]1. The number of aromatic nitrogens is 2. The third kappa shape index (κ3) is 1.82. The second-order valence-electron chi connectivity index (χ2n) is 0.701. The predicted molar refractivity (Wildman–Crippen MR) is 17.4 cm³/mol. The molecule has 0 aliphatic carbocycles. The van der Waals surface area contributed by atoms with E-state index in [1.54, 1.807) is 12.4 Å². The van der Waals surface area contributed by atoms with Gasteiger partial charge in [-0.3, -0.25) is 0 Å². The predicted octanol–water partition coefficient (Wildman–Crippen LogP) is 0.210. The Bertz CT molecular complexity index is 65.3. The zero-order chi connectivity index (χ0) is 3.54. The first-order valence-electron chi connectivity index (χ1n) is 1.35. The number of nitrogens with zero attached hydrogens (tertiary/aromatic N) is 1. The molecule has 0 saturated heterocycles. The summed E-state index contributed by atoms with van der Waals surface area (Å²) in [6.07, 6.45) is 5.83. The van der Waals surface area contributed by atoms with Crippen molar-refractivity contribution in [1.82, 2.24) is 9.97 Å². The Kier molecular flexibility index (Phi) is 3.98. The number of imidazole rings is 1. The van der Waals surface area contributed by atoms with Crippen molar-refractivity contribution in [2.75, 3.05) is 0 Å². The summed E-state index contributed by atoms with van der Waals surface area (Å²) in [5.74, 6) is 0. The van der Waals surface area contributed by atoms with E-state index in [1.807, 2.05) is 0 Å². The van der Waals surface area contributed by atoms with Crippen LogP contribution in [0.1, 0.15) is 0 Å². The van der Waals surface area contributed by atoms with E-state index in [0.717, 1.165) is 0 Å². The van der Waals surface area contributed by atoms with Crippen LogP contribution >= 0.6 is 0 Å². The van der Waals surface area contributed by atoms with Crippen molar-refractivity contribution in [1.29, 1.82) is 0 Å². The van der Waals surface area contributed by atoms with E-state index in [-0.39, 0.29) is 38.6 Å². The monoisotopic (exact) mass is 226 g/mol. The molecule has 0 amide bonds. The molecule has 0 unspecified atom stereocenters. The van der Waals surface area contributed by atoms with Gasteiger partial charge in [0, 0.05) is 38.6 Å². The minimum atomic E-state index is 0. The Labute approximate surface area is 66.8 Å². The van der Waals surface area contributed by atoms with Crippen LogP contribution in [0.4, 0.5) is 0 Å². The van der Waals surface area contributed by atoms with Crippen molar-refractivity contribution in [3.05, 3.63) is 18.7 Å². The fourth-order valence-corrected chi connectivity index (χ4v) is 0.186. The minimum Gasteiger partial charge on any atom is -0.467 e. The number of nitrogens with one attached hydrogen (secondary N) is 1. The summed E-state index contributed by atoms with van der Waals surface area (Å²) in [7, 11) is 0. The largest absolute Gasteiger partial charge is 0.467 e. The smallest absolute Gasteiger partial charge is 0 e. The Morgan fingerprint density at radius 1 is 1.67 bits per heavy atom. The van der Waals surface area contributed by atoms with Crippen molar-refractivity contribution < 1.29 is 38.6 Å². The summed E-state index contributed by atoms with van der Waals surface area (Å²) in [6, 6.07) is 0. The molecule has 1 aromatic heterocycles. The molecule has 1 heterocycles. The van der Waals surface area contributed by atoms with E-state index in [2.05, 4.69) is 16.3 Å². The molecule has 0 spiro atoms. The summed E-state index contributed by atoms with van der Waals surface area (Å²) in [4.78, 5) is 6.17. The van der Waals surface area contributed by atoms with Crippen molar-refractivity contribution >= 4 is 0 Å². The van der Waals surface area contributed by atoms with E-state index in [1.165, 1.54) is 0 Å². The zero-order valence-corrected chi connectivity index (χ0v) is 5.07. The van der Waals surface area contributed by atoms with Crippen LogP contribution in [0.15, 0.2) is 12.4 Å². The molecule has 1 radical (unpaired) electrons. The van der Waals surface area contributed by atoms with Gasteiger partial charge in [-0.15, -0.1) is 12.4 Å². The molecule has 3 heteroatoms. The van der Waals surface area contributed by atoms with Crippen molar-refractivity contribution in [2.45, 2.75) is 0 Å². The topological polar surface area (TPSA) is 28.7 Å². The molecule has 6 heavy (non-hydrogen) atoms. The minimum absolute atomic E-state index is 0. The molecule has 2 nitrogen and oxygen atoms in total. The molecule has 1 rings (SSSR count). The number of hydrogen-bond acceptors (Lipinski definition) is 1. The fraction of sp³-hybridized carbons (Fsp3) is 0. The zero-order valence-electron chi connectivity index (χ0n) is 2.94. The molecule has 1 N–H and O–H groups in total. The Hall–Kier alpha value is 0.496. The van der Waals surface area contributed by atoms with Crippen LogP contribution in [0.2, 0.25) is 0 Å². The van der Waals surface area contributed by atoms with Crippen LogP contribution in [0.25, 0.3) is 0 Å². The van der Waals surface area contributed by atoms with Crippen LogP contribution in [0.3, 0.4) is 0 Å². The van der Waals surface area contributed by atoms with E-state index < -0.39 is 0 Å². The normalized spacial score (nSPS) is 6.67. The summed E-state index contributed by atoms with van der Waals surface area (Å²) >= 11 is 0. The molecular formula is C3H3N2Tb-. The van der Waals surface area contributed by atoms with Crippen molar-refractivity contribution in [3.63, 3.8) is 0 Å². The van der Waals surface area contributed by atoms with Crippen LogP contribution < -0.4 is 0 Å². The maximum atomic E-state index is 3.54. The molecule has 0 saturated carbocycles. The van der Waals surface area contributed by atoms with Gasteiger partial charge in [0.25, 0.3) is 0 Å². The van der Waals surface area contributed by atoms with Crippen molar-refractivity contribution in [3.8, 4) is 0 Å². The van der Waals surface area contributed by atoms with Gasteiger partial charge in [-0.2, -0.15) is 0 Å². The average Bonchev–Trinajstić information content (AvgIpc) is 1.76. The molecule has 0 aliphatic rings. The van der Waals surface area contributed by atoms with E-state index in [0.29, 0.717) is 0 Å². The molecule has 35 valence electrons. The van der Waals surface area contributed by atoms with E-state index in [4.69, 9.17) is 0 Å². The molecule has 0 aromatic carbocycles. The van der Waals surface area contributed by atoms with Gasteiger partial charge in [0.15, 0.2) is 0 Å². The van der Waals surface area contributed by atoms with Crippen LogP contribution in [0, 0.1) is 44.9 Å². The van der Waals surface area contributed by atoms with Crippen LogP contribution in [-0.2, 0) is 0 Å². The van der Waals surface area contributed by atoms with Gasteiger partial charge in [0.2, 0.25) is 0 Å². The standard InChI is InChI=1S/C3H3N2.Tb/c1-2-5-3-4-1;/h1-2H,(H,4,5);/q-1;. The fourth-order valence-electron chi connectivity index (χ4n) is 0.186. The van der Waals surface area contributed by atoms with Gasteiger partial charge in [0.05, 0.1) is 0 Å². The maximum Gasteiger partial charge on any atom is 0 e. The molecule has 0 atom stereocenters. The Morgan fingerprint density at radius 3 is 2.67 bits per heavy atom. The number of rotatable bonds is 0. The van der Waals surface area contributed by atoms with Gasteiger partial charge in [0.1, 0.15) is 0 Å². The van der Waals surface area contributed by atoms with Gasteiger partial charge in [-0.25, -0.2) is 0 Å². The second-order valence-corrected chi connectivity index (χ2v) is 0.701. The quantitative estimate of drug-likeness (QED) is 0.629. The molecular weight excluding hydrogens is 223 g/mol. The van der Waals surface area contributed by atoms with Crippen LogP contribution in [-0.4, -0.2) is 9.97 Å². The number of hydrogen-bond donors (Lipinski definition) is 1. The number of aromatic amines is 1. The molecule has 0 fully saturated rings. The third-order valence-electron chi connectivity index (χ3n) is 0.362. The summed E-state index contributed by atoms with van der Waals surface area (Å²) in [5.41, 5.74) is 0. The van der Waals surface area contributed by atoms with Gasteiger partial charge in [-0.05, 0) is 6.33 Å². The van der Waals surface area contributed by atoms with E-state index in [9.17, 15) is 0 Å². The first-order chi connectivity index (χ1) is 2.50. The summed E-state index contributed by atoms with van der Waals surface area (Å²) < 4.78 is 0. The first kappa shape index (κ1) is 6.50. The van der Waals surface area contributed by atoms with Gasteiger partial charge < -0.3 is 9.97 Å². The summed E-state index contributed by atoms with van der Waals surface area (Å²) in [6.45, 7) is 0. The Balaban J connectivity index is 0.000000250. The second kappa shape index (κ2) is 3.68. The van der Waals surface area contributed by atoms with Gasteiger partial charge >= 0.3 is 0 Å². The first-order valence-corrected chi connectivity index (χ1v) is 1.35. The average molecular weight is 226 g/mol. The summed E-state index contributed by atoms with van der Waals surface area (Å²) in [5, 5.41) is 0. The molecule has 1 aromatic rings. The number of H-pyrrole nitrogens is 1. The van der Waals surface area contributed by atoms with Gasteiger partial charge in [-0.1, -0.05) is 0 Å². The van der Waals surface area contributed by atoms with E-state index >= 15 is 0 Å². The maximum absolute atomic E-state index is 3.54. The van der Waals surface area contributed by atoms with Crippen LogP contribution in [0.5, 0.6) is 0 Å². The Morgan fingerprint density at radius 2 is 2.50 bits per heavy atom. The molecule has 0 aliphatic heterocycles.